The molecule has 0 amide bonds. The molecule has 126 valence electrons. The molecule has 0 radical (unpaired) electrons. The van der Waals surface area contributed by atoms with E-state index in [9.17, 15) is 0 Å². The van der Waals surface area contributed by atoms with E-state index >= 15 is 0 Å². The highest BCUT2D eigenvalue weighted by atomic mass is 16.5. The van der Waals surface area contributed by atoms with Crippen LogP contribution in [0, 0.1) is 6.92 Å². The Balaban J connectivity index is 1.96. The second-order valence-corrected chi connectivity index (χ2v) is 6.18. The Morgan fingerprint density at radius 3 is 2.44 bits per heavy atom. The quantitative estimate of drug-likeness (QED) is 0.681. The van der Waals surface area contributed by atoms with Crippen molar-refractivity contribution in [1.82, 2.24) is 5.16 Å². The smallest absolute Gasteiger partial charge is 0.169 e. The van der Waals surface area contributed by atoms with Crippen LogP contribution in [-0.2, 0) is 0 Å². The van der Waals surface area contributed by atoms with Crippen molar-refractivity contribution < 1.29 is 9.26 Å². The van der Waals surface area contributed by atoms with Gasteiger partial charge in [0.05, 0.1) is 24.1 Å². The molecule has 0 spiro atoms. The average molecular weight is 332 g/mol. The van der Waals surface area contributed by atoms with Crippen LogP contribution in [0.1, 0.15) is 42.0 Å². The lowest BCUT2D eigenvalue weighted by Crippen LogP contribution is -2.06. The first-order chi connectivity index (χ1) is 12.2. The Kier molecular flexibility index (Phi) is 3.88. The molecule has 2 aromatic carbocycles. The predicted molar refractivity (Wildman–Crippen MR) is 98.3 cm³/mol. The van der Waals surface area contributed by atoms with Crippen LogP contribution in [0.4, 0.5) is 0 Å². The summed E-state index contributed by atoms with van der Waals surface area (Å²) >= 11 is 0. The Bertz CT molecular complexity index is 939. The van der Waals surface area contributed by atoms with Crippen LogP contribution in [0.2, 0.25) is 0 Å². The first-order valence-electron chi connectivity index (χ1n) is 8.51. The first-order valence-corrected chi connectivity index (χ1v) is 8.51. The van der Waals surface area contributed by atoms with E-state index in [1.54, 1.807) is 7.11 Å². The minimum atomic E-state index is -0.0410. The molecule has 4 nitrogen and oxygen atoms in total. The summed E-state index contributed by atoms with van der Waals surface area (Å²) in [4.78, 5) is 5.06. The van der Waals surface area contributed by atoms with Gasteiger partial charge in [-0.25, -0.2) is 0 Å². The summed E-state index contributed by atoms with van der Waals surface area (Å²) in [5, 5.41) is 4.20. The fourth-order valence-electron chi connectivity index (χ4n) is 3.39. The Morgan fingerprint density at radius 1 is 1.04 bits per heavy atom. The number of ether oxygens (including phenoxy) is 1. The molecule has 0 saturated carbocycles. The van der Waals surface area contributed by atoms with Crippen LogP contribution in [0.3, 0.4) is 0 Å². The third kappa shape index (κ3) is 2.54. The minimum Gasteiger partial charge on any atom is -0.497 e. The van der Waals surface area contributed by atoms with Crippen LogP contribution in [-0.4, -0.2) is 18.0 Å². The lowest BCUT2D eigenvalue weighted by Gasteiger charge is -2.11. The van der Waals surface area contributed by atoms with Gasteiger partial charge in [0, 0.05) is 11.1 Å². The lowest BCUT2D eigenvalue weighted by atomic mass is 9.93. The number of aryl methyl sites for hydroxylation is 1. The van der Waals surface area contributed by atoms with Crippen molar-refractivity contribution in [3.8, 4) is 16.9 Å². The zero-order valence-electron chi connectivity index (χ0n) is 14.6. The Hall–Kier alpha value is -2.88. The van der Waals surface area contributed by atoms with Crippen molar-refractivity contribution in [2.24, 2.45) is 4.99 Å². The number of rotatable bonds is 3. The summed E-state index contributed by atoms with van der Waals surface area (Å²) in [6.45, 7) is 4.11. The zero-order valence-corrected chi connectivity index (χ0v) is 14.6. The third-order valence-corrected chi connectivity index (χ3v) is 4.68. The third-order valence-electron chi connectivity index (χ3n) is 4.68. The van der Waals surface area contributed by atoms with E-state index in [4.69, 9.17) is 14.3 Å². The second kappa shape index (κ2) is 6.20. The van der Waals surface area contributed by atoms with Gasteiger partial charge in [0.15, 0.2) is 5.76 Å². The molecule has 0 saturated heterocycles. The Labute approximate surface area is 147 Å². The van der Waals surface area contributed by atoms with E-state index in [1.807, 2.05) is 31.2 Å². The maximum absolute atomic E-state index is 5.67. The van der Waals surface area contributed by atoms with Gasteiger partial charge in [-0.1, -0.05) is 36.3 Å². The fourth-order valence-corrected chi connectivity index (χ4v) is 3.39. The molecule has 0 bridgehead atoms. The van der Waals surface area contributed by atoms with Gasteiger partial charge in [-0.3, -0.25) is 4.99 Å². The molecule has 3 aromatic rings. The molecule has 0 aliphatic carbocycles. The standard InChI is InChI=1S/C21H20N2O2/c1-4-18-21-19(13(2)23-25-21)16-7-5-6-8-17(16)20(22-18)14-9-11-15(24-3)12-10-14/h5-12,18H,4H2,1-3H3/t18-/m0/s1. The molecule has 1 aliphatic rings. The molecular formula is C21H20N2O2. The van der Waals surface area contributed by atoms with Crippen LogP contribution in [0.15, 0.2) is 58.0 Å². The molecule has 4 rings (SSSR count). The number of aliphatic imine (C=N–C) groups is 1. The summed E-state index contributed by atoms with van der Waals surface area (Å²) in [6.07, 6.45) is 0.856. The second-order valence-electron chi connectivity index (χ2n) is 6.18. The maximum atomic E-state index is 5.67. The lowest BCUT2D eigenvalue weighted by molar-refractivity contribution is 0.357. The van der Waals surface area contributed by atoms with E-state index in [0.717, 1.165) is 51.6 Å². The molecule has 1 atom stereocenters. The normalized spacial score (nSPS) is 15.8. The molecule has 1 aromatic heterocycles. The minimum absolute atomic E-state index is 0.0410. The van der Waals surface area contributed by atoms with Gasteiger partial charge >= 0.3 is 0 Å². The summed E-state index contributed by atoms with van der Waals surface area (Å²) in [5.74, 6) is 1.70. The summed E-state index contributed by atoms with van der Waals surface area (Å²) in [7, 11) is 1.68. The predicted octanol–water partition coefficient (Wildman–Crippen LogP) is 4.96. The van der Waals surface area contributed by atoms with E-state index in [2.05, 4.69) is 36.3 Å². The largest absolute Gasteiger partial charge is 0.497 e. The van der Waals surface area contributed by atoms with Crippen LogP contribution >= 0.6 is 0 Å². The monoisotopic (exact) mass is 332 g/mol. The van der Waals surface area contributed by atoms with Gasteiger partial charge in [-0.15, -0.1) is 0 Å². The number of hydrogen-bond acceptors (Lipinski definition) is 4. The number of benzene rings is 2. The number of nitrogens with zero attached hydrogens (tertiary/aromatic N) is 2. The van der Waals surface area contributed by atoms with Crippen molar-refractivity contribution in [3.05, 3.63) is 71.1 Å². The first kappa shape index (κ1) is 15.6. The summed E-state index contributed by atoms with van der Waals surface area (Å²) in [6, 6.07) is 16.3. The van der Waals surface area contributed by atoms with Crippen molar-refractivity contribution in [3.63, 3.8) is 0 Å². The van der Waals surface area contributed by atoms with Crippen LogP contribution in [0.25, 0.3) is 11.1 Å². The van der Waals surface area contributed by atoms with E-state index in [1.165, 1.54) is 0 Å². The molecule has 0 unspecified atom stereocenters. The van der Waals surface area contributed by atoms with E-state index in [0.29, 0.717) is 0 Å². The molecule has 25 heavy (non-hydrogen) atoms. The molecule has 4 heteroatoms. The number of methoxy groups -OCH3 is 1. The molecule has 2 heterocycles. The van der Waals surface area contributed by atoms with Crippen LogP contribution < -0.4 is 4.74 Å². The van der Waals surface area contributed by atoms with Crippen molar-refractivity contribution in [2.45, 2.75) is 26.3 Å². The summed E-state index contributed by atoms with van der Waals surface area (Å²) in [5.41, 5.74) is 6.28. The number of fused-ring (bicyclic) bond motifs is 3. The van der Waals surface area contributed by atoms with E-state index in [-0.39, 0.29) is 6.04 Å². The van der Waals surface area contributed by atoms with E-state index < -0.39 is 0 Å². The molecule has 0 fully saturated rings. The van der Waals surface area contributed by atoms with Gasteiger partial charge < -0.3 is 9.26 Å². The number of hydrogen-bond donors (Lipinski definition) is 0. The molecule has 0 N–H and O–H groups in total. The highest BCUT2D eigenvalue weighted by molar-refractivity contribution is 6.17. The van der Waals surface area contributed by atoms with Gasteiger partial charge in [0.1, 0.15) is 11.8 Å². The molecular weight excluding hydrogens is 312 g/mol. The highest BCUT2D eigenvalue weighted by Gasteiger charge is 2.29. The summed E-state index contributed by atoms with van der Waals surface area (Å²) < 4.78 is 11.0. The van der Waals surface area contributed by atoms with Gasteiger partial charge in [-0.05, 0) is 43.2 Å². The van der Waals surface area contributed by atoms with Gasteiger partial charge in [0.25, 0.3) is 0 Å². The SMILES string of the molecule is CC[C@@H]1N=C(c2ccc(OC)cc2)c2ccccc2-c2c(C)noc21. The maximum Gasteiger partial charge on any atom is 0.169 e. The number of aromatic nitrogens is 1. The Morgan fingerprint density at radius 2 is 1.76 bits per heavy atom. The zero-order chi connectivity index (χ0) is 17.4. The molecule has 1 aliphatic heterocycles. The average Bonchev–Trinajstić information content (AvgIpc) is 2.97. The van der Waals surface area contributed by atoms with Crippen LogP contribution in [0.5, 0.6) is 5.75 Å². The van der Waals surface area contributed by atoms with Gasteiger partial charge in [-0.2, -0.15) is 0 Å². The van der Waals surface area contributed by atoms with Crippen molar-refractivity contribution in [1.29, 1.82) is 0 Å². The topological polar surface area (TPSA) is 47.6 Å². The van der Waals surface area contributed by atoms with Crippen molar-refractivity contribution in [2.75, 3.05) is 7.11 Å². The van der Waals surface area contributed by atoms with Gasteiger partial charge in [0.2, 0.25) is 0 Å². The highest BCUT2D eigenvalue weighted by Crippen LogP contribution is 2.40. The fraction of sp³-hybridized carbons (Fsp3) is 0.238. The van der Waals surface area contributed by atoms with Crippen molar-refractivity contribution >= 4 is 5.71 Å².